The van der Waals surface area contributed by atoms with Gasteiger partial charge in [0.2, 0.25) is 0 Å². The molecule has 0 radical (unpaired) electrons. The molecular formula is C18H32N4O2S. The summed E-state index contributed by atoms with van der Waals surface area (Å²) < 4.78 is 23.3. The van der Waals surface area contributed by atoms with Crippen molar-refractivity contribution < 1.29 is 8.42 Å². The van der Waals surface area contributed by atoms with Crippen LogP contribution in [0.1, 0.15) is 38.5 Å². The average Bonchev–Trinajstić information content (AvgIpc) is 2.97. The van der Waals surface area contributed by atoms with E-state index in [1.54, 1.807) is 0 Å². The van der Waals surface area contributed by atoms with E-state index in [9.17, 15) is 8.42 Å². The predicted octanol–water partition coefficient (Wildman–Crippen LogP) is 0.947. The summed E-state index contributed by atoms with van der Waals surface area (Å²) in [5, 5.41) is 3.60. The zero-order chi connectivity index (χ0) is 17.3. The second kappa shape index (κ2) is 7.43. The van der Waals surface area contributed by atoms with E-state index in [0.717, 1.165) is 31.4 Å². The summed E-state index contributed by atoms with van der Waals surface area (Å²) in [6, 6.07) is 0.587. The van der Waals surface area contributed by atoms with Gasteiger partial charge in [0.25, 0.3) is 0 Å². The van der Waals surface area contributed by atoms with Crippen molar-refractivity contribution in [3.05, 3.63) is 0 Å². The highest BCUT2D eigenvalue weighted by Gasteiger charge is 2.32. The van der Waals surface area contributed by atoms with Crippen LogP contribution >= 0.6 is 0 Å². The van der Waals surface area contributed by atoms with Crippen LogP contribution in [0, 0.1) is 11.8 Å². The molecular weight excluding hydrogens is 336 g/mol. The van der Waals surface area contributed by atoms with E-state index in [1.807, 2.05) is 0 Å². The maximum atomic E-state index is 11.7. The molecule has 1 saturated carbocycles. The quantitative estimate of drug-likeness (QED) is 0.578. The lowest BCUT2D eigenvalue weighted by Gasteiger charge is -2.24. The number of nitrogens with zero attached hydrogens (tertiary/aromatic N) is 3. The van der Waals surface area contributed by atoms with Gasteiger partial charge in [0, 0.05) is 32.2 Å². The van der Waals surface area contributed by atoms with E-state index in [2.05, 4.69) is 15.1 Å². The van der Waals surface area contributed by atoms with Gasteiger partial charge in [0.15, 0.2) is 15.8 Å². The molecule has 4 aliphatic rings. The first kappa shape index (κ1) is 17.6. The van der Waals surface area contributed by atoms with Crippen LogP contribution in [0.4, 0.5) is 0 Å². The molecule has 0 amide bonds. The molecule has 2 unspecified atom stereocenters. The Morgan fingerprint density at radius 2 is 1.84 bits per heavy atom. The summed E-state index contributed by atoms with van der Waals surface area (Å²) in [6.45, 7) is 6.61. The fourth-order valence-electron chi connectivity index (χ4n) is 4.38. The maximum absolute atomic E-state index is 11.7. The first-order chi connectivity index (χ1) is 12.1. The van der Waals surface area contributed by atoms with Gasteiger partial charge in [-0.05, 0) is 63.5 Å². The molecule has 1 aliphatic carbocycles. The first-order valence-corrected chi connectivity index (χ1v) is 11.9. The Balaban J connectivity index is 1.33. The van der Waals surface area contributed by atoms with Crippen molar-refractivity contribution in [1.82, 2.24) is 15.1 Å². The minimum atomic E-state index is -2.80. The molecule has 4 fully saturated rings. The zero-order valence-electron chi connectivity index (χ0n) is 15.2. The van der Waals surface area contributed by atoms with Gasteiger partial charge >= 0.3 is 0 Å². The highest BCUT2D eigenvalue weighted by atomic mass is 32.2. The summed E-state index contributed by atoms with van der Waals surface area (Å²) in [5.74, 6) is 2.67. The monoisotopic (exact) mass is 368 g/mol. The number of aliphatic imine (C=N–C) groups is 1. The summed E-state index contributed by atoms with van der Waals surface area (Å²) in [4.78, 5) is 9.89. The largest absolute Gasteiger partial charge is 0.354 e. The lowest BCUT2D eigenvalue weighted by atomic mass is 10.1. The highest BCUT2D eigenvalue weighted by Crippen LogP contribution is 2.24. The van der Waals surface area contributed by atoms with Gasteiger partial charge in [-0.15, -0.1) is 0 Å². The number of likely N-dealkylation sites (tertiary alicyclic amines) is 2. The van der Waals surface area contributed by atoms with Crippen LogP contribution in [0.25, 0.3) is 0 Å². The molecule has 0 spiro atoms. The van der Waals surface area contributed by atoms with Gasteiger partial charge in [-0.1, -0.05) is 0 Å². The average molecular weight is 369 g/mol. The van der Waals surface area contributed by atoms with Crippen LogP contribution in [-0.2, 0) is 9.84 Å². The normalized spacial score (nSPS) is 33.3. The molecule has 25 heavy (non-hydrogen) atoms. The van der Waals surface area contributed by atoms with Crippen LogP contribution < -0.4 is 5.32 Å². The second-order valence-corrected chi connectivity index (χ2v) is 10.7. The molecule has 6 nitrogen and oxygen atoms in total. The SMILES string of the molecule is O=S1(=O)CCC(CN=C(NC2CC2)N2CCC(CN3CCCC3)C2)C1. The molecule has 3 heterocycles. The minimum absolute atomic E-state index is 0.212. The molecule has 1 N–H and O–H groups in total. The van der Waals surface area contributed by atoms with Crippen LogP contribution in [0.5, 0.6) is 0 Å². The van der Waals surface area contributed by atoms with Gasteiger partial charge in [-0.3, -0.25) is 4.99 Å². The molecule has 4 rings (SSSR count). The third kappa shape index (κ3) is 4.88. The van der Waals surface area contributed by atoms with Crippen molar-refractivity contribution in [2.75, 3.05) is 50.8 Å². The maximum Gasteiger partial charge on any atom is 0.194 e. The standard InChI is InChI=1S/C18H32N4O2S/c23-25(24)10-6-15(14-25)11-19-18(20-17-3-4-17)22-9-5-16(13-22)12-21-7-1-2-8-21/h15-17H,1-14H2,(H,19,20). The zero-order valence-corrected chi connectivity index (χ0v) is 16.0. The molecule has 0 aromatic rings. The van der Waals surface area contributed by atoms with Crippen molar-refractivity contribution in [3.63, 3.8) is 0 Å². The number of nitrogens with one attached hydrogen (secondary N) is 1. The van der Waals surface area contributed by atoms with Crippen molar-refractivity contribution in [2.24, 2.45) is 16.8 Å². The van der Waals surface area contributed by atoms with E-state index >= 15 is 0 Å². The van der Waals surface area contributed by atoms with Gasteiger partial charge in [0.05, 0.1) is 11.5 Å². The number of hydrogen-bond acceptors (Lipinski definition) is 4. The Bertz CT molecular complexity index is 596. The van der Waals surface area contributed by atoms with Crippen molar-refractivity contribution >= 4 is 15.8 Å². The number of hydrogen-bond donors (Lipinski definition) is 1. The van der Waals surface area contributed by atoms with Crippen molar-refractivity contribution in [3.8, 4) is 0 Å². The molecule has 3 saturated heterocycles. The third-order valence-electron chi connectivity index (χ3n) is 6.04. The minimum Gasteiger partial charge on any atom is -0.354 e. The smallest absolute Gasteiger partial charge is 0.194 e. The van der Waals surface area contributed by atoms with Crippen LogP contribution in [0.15, 0.2) is 4.99 Å². The lowest BCUT2D eigenvalue weighted by Crippen LogP contribution is -2.42. The second-order valence-electron chi connectivity index (χ2n) is 8.46. The Kier molecular flexibility index (Phi) is 5.23. The lowest BCUT2D eigenvalue weighted by molar-refractivity contribution is 0.281. The Morgan fingerprint density at radius 1 is 1.04 bits per heavy atom. The van der Waals surface area contributed by atoms with E-state index < -0.39 is 9.84 Å². The van der Waals surface area contributed by atoms with Gasteiger partial charge in [0.1, 0.15) is 0 Å². The molecule has 0 aromatic heterocycles. The Hall–Kier alpha value is -0.820. The number of sulfone groups is 1. The fourth-order valence-corrected chi connectivity index (χ4v) is 6.23. The predicted molar refractivity (Wildman–Crippen MR) is 101 cm³/mol. The number of rotatable bonds is 5. The summed E-state index contributed by atoms with van der Waals surface area (Å²) in [7, 11) is -2.80. The Labute approximate surface area is 152 Å². The summed E-state index contributed by atoms with van der Waals surface area (Å²) >= 11 is 0. The Morgan fingerprint density at radius 3 is 2.52 bits per heavy atom. The van der Waals surface area contributed by atoms with Crippen molar-refractivity contribution in [2.45, 2.75) is 44.6 Å². The summed E-state index contributed by atoms with van der Waals surface area (Å²) in [5.41, 5.74) is 0. The van der Waals surface area contributed by atoms with Gasteiger partial charge < -0.3 is 15.1 Å². The third-order valence-corrected chi connectivity index (χ3v) is 7.87. The van der Waals surface area contributed by atoms with E-state index in [-0.39, 0.29) is 5.92 Å². The van der Waals surface area contributed by atoms with Gasteiger partial charge in [-0.2, -0.15) is 0 Å². The molecule has 7 heteroatoms. The van der Waals surface area contributed by atoms with E-state index in [0.29, 0.717) is 24.1 Å². The van der Waals surface area contributed by atoms with E-state index in [1.165, 1.54) is 51.7 Å². The first-order valence-electron chi connectivity index (χ1n) is 10.1. The number of guanidine groups is 1. The fraction of sp³-hybridized carbons (Fsp3) is 0.944. The van der Waals surface area contributed by atoms with Crippen LogP contribution in [0.2, 0.25) is 0 Å². The molecule has 3 aliphatic heterocycles. The highest BCUT2D eigenvalue weighted by molar-refractivity contribution is 7.91. The van der Waals surface area contributed by atoms with Crippen LogP contribution in [-0.4, -0.2) is 81.0 Å². The molecule has 0 bridgehead atoms. The van der Waals surface area contributed by atoms with Gasteiger partial charge in [-0.25, -0.2) is 8.42 Å². The topological polar surface area (TPSA) is 65.0 Å². The van der Waals surface area contributed by atoms with Crippen LogP contribution in [0.3, 0.4) is 0 Å². The molecule has 142 valence electrons. The molecule has 0 aromatic carbocycles. The van der Waals surface area contributed by atoms with Crippen molar-refractivity contribution in [1.29, 1.82) is 0 Å². The molecule has 2 atom stereocenters. The van der Waals surface area contributed by atoms with E-state index in [4.69, 9.17) is 4.99 Å². The summed E-state index contributed by atoms with van der Waals surface area (Å²) in [6.07, 6.45) is 7.22.